The number of rotatable bonds is 5. The number of nitrogens with zero attached hydrogens (tertiary/aromatic N) is 1. The van der Waals surface area contributed by atoms with Crippen LogP contribution in [-0.2, 0) is 16.4 Å². The van der Waals surface area contributed by atoms with E-state index in [4.69, 9.17) is 9.47 Å². The molecule has 0 bridgehead atoms. The molecule has 2 heterocycles. The highest BCUT2D eigenvalue weighted by Crippen LogP contribution is 2.33. The fourth-order valence-electron chi connectivity index (χ4n) is 2.65. The molecule has 4 rings (SSSR count). The molecule has 0 unspecified atom stereocenters. The molecule has 0 spiro atoms. The van der Waals surface area contributed by atoms with Crippen molar-refractivity contribution < 1.29 is 22.3 Å². The molecule has 0 saturated heterocycles. The SMILES string of the molecule is O=S(=O)(Nc1ncc(Cc2cccc(F)c2)s1)c1ccc2c(c1)OCCO2. The van der Waals surface area contributed by atoms with Crippen molar-refractivity contribution in [3.63, 3.8) is 0 Å². The predicted octanol–water partition coefficient (Wildman–Crippen LogP) is 3.45. The van der Waals surface area contributed by atoms with Crippen molar-refractivity contribution >= 4 is 26.5 Å². The lowest BCUT2D eigenvalue weighted by atomic mass is 10.1. The van der Waals surface area contributed by atoms with Gasteiger partial charge in [0, 0.05) is 23.6 Å². The van der Waals surface area contributed by atoms with Crippen molar-refractivity contribution in [1.82, 2.24) is 4.98 Å². The molecule has 0 aliphatic carbocycles. The minimum absolute atomic E-state index is 0.0635. The average Bonchev–Trinajstić information content (AvgIpc) is 3.07. The largest absolute Gasteiger partial charge is 0.486 e. The van der Waals surface area contributed by atoms with Crippen LogP contribution in [-0.4, -0.2) is 26.6 Å². The van der Waals surface area contributed by atoms with Crippen LogP contribution in [0.25, 0.3) is 0 Å². The molecule has 0 atom stereocenters. The van der Waals surface area contributed by atoms with Gasteiger partial charge in [-0.3, -0.25) is 4.72 Å². The summed E-state index contributed by atoms with van der Waals surface area (Å²) in [6, 6.07) is 10.7. The standard InChI is InChI=1S/C18H15FN2O4S2/c19-13-3-1-2-12(8-13)9-14-11-20-18(26-14)21-27(22,23)15-4-5-16-17(10-15)25-7-6-24-16/h1-5,8,10-11H,6-7,9H2,(H,20,21). The molecule has 1 aromatic heterocycles. The number of ether oxygens (including phenoxy) is 2. The topological polar surface area (TPSA) is 77.5 Å². The smallest absolute Gasteiger partial charge is 0.263 e. The average molecular weight is 406 g/mol. The van der Waals surface area contributed by atoms with Gasteiger partial charge >= 0.3 is 0 Å². The predicted molar refractivity (Wildman–Crippen MR) is 99.6 cm³/mol. The first kappa shape index (κ1) is 17.7. The first-order valence-electron chi connectivity index (χ1n) is 8.11. The van der Waals surface area contributed by atoms with Gasteiger partial charge in [-0.1, -0.05) is 12.1 Å². The number of sulfonamides is 1. The fraction of sp³-hybridized carbons (Fsp3) is 0.167. The molecule has 0 saturated carbocycles. The van der Waals surface area contributed by atoms with Crippen molar-refractivity contribution in [2.24, 2.45) is 0 Å². The van der Waals surface area contributed by atoms with Crippen LogP contribution in [0.4, 0.5) is 9.52 Å². The minimum atomic E-state index is -3.81. The molecule has 0 radical (unpaired) electrons. The molecule has 3 aromatic rings. The van der Waals surface area contributed by atoms with Gasteiger partial charge < -0.3 is 9.47 Å². The second kappa shape index (κ2) is 7.16. The molecule has 1 aliphatic heterocycles. The lowest BCUT2D eigenvalue weighted by Gasteiger charge is -2.18. The number of thiazole rings is 1. The minimum Gasteiger partial charge on any atom is -0.486 e. The summed E-state index contributed by atoms with van der Waals surface area (Å²) in [6.45, 7) is 0.810. The van der Waals surface area contributed by atoms with Crippen LogP contribution in [0, 0.1) is 5.82 Å². The van der Waals surface area contributed by atoms with Gasteiger partial charge in [0.25, 0.3) is 10.0 Å². The number of anilines is 1. The van der Waals surface area contributed by atoms with E-state index in [0.29, 0.717) is 31.1 Å². The zero-order valence-corrected chi connectivity index (χ0v) is 15.6. The van der Waals surface area contributed by atoms with E-state index in [2.05, 4.69) is 9.71 Å². The zero-order chi connectivity index (χ0) is 18.9. The van der Waals surface area contributed by atoms with E-state index in [-0.39, 0.29) is 15.8 Å². The van der Waals surface area contributed by atoms with Gasteiger partial charge in [-0.25, -0.2) is 17.8 Å². The van der Waals surface area contributed by atoms with Gasteiger partial charge in [0.2, 0.25) is 0 Å². The monoisotopic (exact) mass is 406 g/mol. The van der Waals surface area contributed by atoms with Crippen LogP contribution >= 0.6 is 11.3 Å². The van der Waals surface area contributed by atoms with Gasteiger partial charge in [0.1, 0.15) is 19.0 Å². The summed E-state index contributed by atoms with van der Waals surface area (Å²) >= 11 is 1.20. The number of nitrogens with one attached hydrogen (secondary N) is 1. The molecule has 9 heteroatoms. The molecule has 1 aliphatic rings. The molecule has 27 heavy (non-hydrogen) atoms. The van der Waals surface area contributed by atoms with Gasteiger partial charge in [-0.05, 0) is 29.8 Å². The van der Waals surface area contributed by atoms with Crippen LogP contribution in [0.2, 0.25) is 0 Å². The Morgan fingerprint density at radius 3 is 2.74 bits per heavy atom. The Bertz CT molecular complexity index is 1080. The Morgan fingerprint density at radius 2 is 1.93 bits per heavy atom. The summed E-state index contributed by atoms with van der Waals surface area (Å²) in [7, 11) is -3.81. The maximum Gasteiger partial charge on any atom is 0.263 e. The molecule has 0 fully saturated rings. The van der Waals surface area contributed by atoms with Crippen molar-refractivity contribution in [1.29, 1.82) is 0 Å². The van der Waals surface area contributed by atoms with E-state index in [1.165, 1.54) is 35.6 Å². The fourth-order valence-corrected chi connectivity index (χ4v) is 4.75. The quantitative estimate of drug-likeness (QED) is 0.702. The van der Waals surface area contributed by atoms with E-state index < -0.39 is 10.0 Å². The summed E-state index contributed by atoms with van der Waals surface area (Å²) in [5.41, 5.74) is 0.792. The summed E-state index contributed by atoms with van der Waals surface area (Å²) in [6.07, 6.45) is 2.05. The van der Waals surface area contributed by atoms with E-state index >= 15 is 0 Å². The number of aromatic nitrogens is 1. The second-order valence-electron chi connectivity index (χ2n) is 5.85. The zero-order valence-electron chi connectivity index (χ0n) is 14.0. The summed E-state index contributed by atoms with van der Waals surface area (Å²) in [5.74, 6) is 0.610. The van der Waals surface area contributed by atoms with Gasteiger partial charge in [0.15, 0.2) is 16.6 Å². The summed E-state index contributed by atoms with van der Waals surface area (Å²) < 4.78 is 51.8. The molecule has 6 nitrogen and oxygen atoms in total. The van der Waals surface area contributed by atoms with E-state index in [1.54, 1.807) is 18.3 Å². The number of benzene rings is 2. The van der Waals surface area contributed by atoms with E-state index in [0.717, 1.165) is 10.4 Å². The number of hydrogen-bond acceptors (Lipinski definition) is 6. The normalized spacial score (nSPS) is 13.4. The van der Waals surface area contributed by atoms with Gasteiger partial charge in [-0.2, -0.15) is 0 Å². The highest BCUT2D eigenvalue weighted by molar-refractivity contribution is 7.93. The Labute approximate surface area is 159 Å². The first-order valence-corrected chi connectivity index (χ1v) is 10.4. The van der Waals surface area contributed by atoms with Crippen molar-refractivity contribution in [2.75, 3.05) is 17.9 Å². The van der Waals surface area contributed by atoms with Crippen molar-refractivity contribution in [2.45, 2.75) is 11.3 Å². The highest BCUT2D eigenvalue weighted by atomic mass is 32.2. The number of hydrogen-bond donors (Lipinski definition) is 1. The van der Waals surface area contributed by atoms with E-state index in [9.17, 15) is 12.8 Å². The lowest BCUT2D eigenvalue weighted by Crippen LogP contribution is -2.17. The summed E-state index contributed by atoms with van der Waals surface area (Å²) in [4.78, 5) is 4.99. The Kier molecular flexibility index (Phi) is 4.71. The molecular weight excluding hydrogens is 391 g/mol. The first-order chi connectivity index (χ1) is 13.0. The number of fused-ring (bicyclic) bond motifs is 1. The van der Waals surface area contributed by atoms with Gasteiger partial charge in [-0.15, -0.1) is 11.3 Å². The molecule has 0 amide bonds. The maximum atomic E-state index is 13.3. The van der Waals surface area contributed by atoms with Gasteiger partial charge in [0.05, 0.1) is 4.90 Å². The number of halogens is 1. The Morgan fingerprint density at radius 1 is 1.11 bits per heavy atom. The Hall–Kier alpha value is -2.65. The van der Waals surface area contributed by atoms with Crippen LogP contribution in [0.5, 0.6) is 11.5 Å². The van der Waals surface area contributed by atoms with E-state index in [1.807, 2.05) is 6.07 Å². The van der Waals surface area contributed by atoms with Crippen molar-refractivity contribution in [3.05, 3.63) is 64.9 Å². The maximum absolute atomic E-state index is 13.3. The molecule has 1 N–H and O–H groups in total. The third-order valence-electron chi connectivity index (χ3n) is 3.87. The lowest BCUT2D eigenvalue weighted by molar-refractivity contribution is 0.171. The third kappa shape index (κ3) is 4.04. The molecular formula is C18H15FN2O4S2. The van der Waals surface area contributed by atoms with Crippen LogP contribution < -0.4 is 14.2 Å². The third-order valence-corrected chi connectivity index (χ3v) is 6.25. The van der Waals surface area contributed by atoms with Crippen molar-refractivity contribution in [3.8, 4) is 11.5 Å². The van der Waals surface area contributed by atoms with Crippen LogP contribution in [0.1, 0.15) is 10.4 Å². The Balaban J connectivity index is 1.51. The van der Waals surface area contributed by atoms with Crippen LogP contribution in [0.3, 0.4) is 0 Å². The highest BCUT2D eigenvalue weighted by Gasteiger charge is 2.20. The van der Waals surface area contributed by atoms with Crippen LogP contribution in [0.15, 0.2) is 53.6 Å². The molecule has 140 valence electrons. The second-order valence-corrected chi connectivity index (χ2v) is 8.65. The summed E-state index contributed by atoms with van der Waals surface area (Å²) in [5, 5.41) is 0.247. The molecule has 2 aromatic carbocycles.